The van der Waals surface area contributed by atoms with Crippen molar-refractivity contribution in [3.63, 3.8) is 0 Å². The monoisotopic (exact) mass is 277 g/mol. The van der Waals surface area contributed by atoms with Gasteiger partial charge in [0.15, 0.2) is 0 Å². The summed E-state index contributed by atoms with van der Waals surface area (Å²) >= 11 is 0. The van der Waals surface area contributed by atoms with Crippen LogP contribution in [0.2, 0.25) is 0 Å². The van der Waals surface area contributed by atoms with Crippen LogP contribution in [0, 0.1) is 5.82 Å². The molecule has 1 aromatic carbocycles. The molecular formula is C14H16FN3O2. The first-order valence-electron chi connectivity index (χ1n) is 6.27. The molecule has 2 aromatic rings. The fourth-order valence-electron chi connectivity index (χ4n) is 1.80. The highest BCUT2D eigenvalue weighted by Crippen LogP contribution is 2.16. The molecule has 6 heteroatoms. The molecule has 0 saturated heterocycles. The third kappa shape index (κ3) is 3.14. The van der Waals surface area contributed by atoms with E-state index in [1.807, 2.05) is 6.92 Å². The minimum Gasteiger partial charge on any atom is -0.497 e. The lowest BCUT2D eigenvalue weighted by Gasteiger charge is -2.08. The van der Waals surface area contributed by atoms with Crippen molar-refractivity contribution in [2.24, 2.45) is 0 Å². The molecule has 0 fully saturated rings. The van der Waals surface area contributed by atoms with Crippen LogP contribution in [0.5, 0.6) is 5.75 Å². The van der Waals surface area contributed by atoms with Crippen LogP contribution in [0.1, 0.15) is 12.5 Å². The molecule has 0 unspecified atom stereocenters. The number of nitrogens with one attached hydrogen (secondary N) is 1. The number of methoxy groups -OCH3 is 1. The van der Waals surface area contributed by atoms with Crippen LogP contribution in [0.4, 0.5) is 10.1 Å². The van der Waals surface area contributed by atoms with Gasteiger partial charge in [0.25, 0.3) is 5.56 Å². The Labute approximate surface area is 116 Å². The second-order valence-corrected chi connectivity index (χ2v) is 4.23. The highest BCUT2D eigenvalue weighted by Gasteiger charge is 2.07. The summed E-state index contributed by atoms with van der Waals surface area (Å²) in [5.41, 5.74) is 0.763. The summed E-state index contributed by atoms with van der Waals surface area (Å²) in [7, 11) is 1.47. The lowest BCUT2D eigenvalue weighted by molar-refractivity contribution is 0.410. The summed E-state index contributed by atoms with van der Waals surface area (Å²) in [6.45, 7) is 2.72. The van der Waals surface area contributed by atoms with Crippen LogP contribution in [0.3, 0.4) is 0 Å². The van der Waals surface area contributed by atoms with E-state index in [2.05, 4.69) is 10.4 Å². The van der Waals surface area contributed by atoms with E-state index in [1.165, 1.54) is 23.9 Å². The van der Waals surface area contributed by atoms with Gasteiger partial charge in [0.05, 0.1) is 25.5 Å². The Morgan fingerprint density at radius 2 is 2.20 bits per heavy atom. The summed E-state index contributed by atoms with van der Waals surface area (Å²) < 4.78 is 20.0. The van der Waals surface area contributed by atoms with Crippen LogP contribution in [0.15, 0.2) is 35.3 Å². The van der Waals surface area contributed by atoms with Gasteiger partial charge < -0.3 is 10.1 Å². The number of ether oxygens (including phenoxy) is 1. The van der Waals surface area contributed by atoms with Crippen LogP contribution < -0.4 is 15.6 Å². The molecule has 0 radical (unpaired) electrons. The molecule has 0 aliphatic heterocycles. The lowest BCUT2D eigenvalue weighted by Crippen LogP contribution is -2.23. The van der Waals surface area contributed by atoms with Gasteiger partial charge in [0, 0.05) is 24.2 Å². The van der Waals surface area contributed by atoms with Gasteiger partial charge in [0.1, 0.15) is 11.6 Å². The number of nitrogens with zero attached hydrogens (tertiary/aromatic N) is 2. The highest BCUT2D eigenvalue weighted by atomic mass is 19.1. The highest BCUT2D eigenvalue weighted by molar-refractivity contribution is 5.38. The first kappa shape index (κ1) is 14.0. The summed E-state index contributed by atoms with van der Waals surface area (Å²) in [5.74, 6) is 0.0165. The van der Waals surface area contributed by atoms with Gasteiger partial charge >= 0.3 is 0 Å². The predicted molar refractivity (Wildman–Crippen MR) is 74.7 cm³/mol. The van der Waals surface area contributed by atoms with Crippen molar-refractivity contribution in [3.8, 4) is 5.75 Å². The third-order valence-corrected chi connectivity index (χ3v) is 2.83. The van der Waals surface area contributed by atoms with E-state index in [4.69, 9.17) is 4.74 Å². The van der Waals surface area contributed by atoms with E-state index < -0.39 is 5.82 Å². The molecule has 1 heterocycles. The van der Waals surface area contributed by atoms with E-state index in [0.29, 0.717) is 23.5 Å². The standard InChI is InChI=1S/C14H16FN3O2/c1-3-16-11-6-14(19)18(17-8-11)9-10-4-5-12(20-2)7-13(10)15/h4-8,16H,3,9H2,1-2H3. The van der Waals surface area contributed by atoms with Crippen molar-refractivity contribution in [1.82, 2.24) is 9.78 Å². The second kappa shape index (κ2) is 6.18. The van der Waals surface area contributed by atoms with Crippen LogP contribution in [-0.4, -0.2) is 23.4 Å². The van der Waals surface area contributed by atoms with E-state index in [-0.39, 0.29) is 12.1 Å². The SMILES string of the molecule is CCNc1cnn(Cc2ccc(OC)cc2F)c(=O)c1. The summed E-state index contributed by atoms with van der Waals surface area (Å²) in [6.07, 6.45) is 1.55. The smallest absolute Gasteiger partial charge is 0.269 e. The maximum Gasteiger partial charge on any atom is 0.269 e. The van der Waals surface area contributed by atoms with Gasteiger partial charge in [-0.05, 0) is 13.0 Å². The number of hydrogen-bond acceptors (Lipinski definition) is 4. The van der Waals surface area contributed by atoms with E-state index >= 15 is 0 Å². The quantitative estimate of drug-likeness (QED) is 0.906. The van der Waals surface area contributed by atoms with E-state index in [9.17, 15) is 9.18 Å². The molecule has 106 valence electrons. The largest absolute Gasteiger partial charge is 0.497 e. The Balaban J connectivity index is 2.24. The molecule has 5 nitrogen and oxygen atoms in total. The van der Waals surface area contributed by atoms with Crippen molar-refractivity contribution in [3.05, 3.63) is 52.2 Å². The molecule has 0 bridgehead atoms. The maximum absolute atomic E-state index is 13.8. The van der Waals surface area contributed by atoms with E-state index in [1.54, 1.807) is 18.3 Å². The number of hydrogen-bond donors (Lipinski definition) is 1. The van der Waals surface area contributed by atoms with Crippen molar-refractivity contribution < 1.29 is 9.13 Å². The van der Waals surface area contributed by atoms with Gasteiger partial charge in [-0.3, -0.25) is 4.79 Å². The molecule has 20 heavy (non-hydrogen) atoms. The molecule has 0 atom stereocenters. The summed E-state index contributed by atoms with van der Waals surface area (Å²) in [6, 6.07) is 5.96. The minimum absolute atomic E-state index is 0.0844. The average Bonchev–Trinajstić information content (AvgIpc) is 2.44. The lowest BCUT2D eigenvalue weighted by atomic mass is 10.2. The van der Waals surface area contributed by atoms with Gasteiger partial charge in [-0.1, -0.05) is 6.07 Å². The molecule has 0 spiro atoms. The second-order valence-electron chi connectivity index (χ2n) is 4.23. The topological polar surface area (TPSA) is 56.1 Å². The van der Waals surface area contributed by atoms with Gasteiger partial charge in [-0.15, -0.1) is 0 Å². The number of aromatic nitrogens is 2. The number of halogens is 1. The Hall–Kier alpha value is -2.37. The zero-order valence-electron chi connectivity index (χ0n) is 11.4. The molecule has 0 saturated carbocycles. The Morgan fingerprint density at radius 3 is 2.80 bits per heavy atom. The zero-order chi connectivity index (χ0) is 14.5. The maximum atomic E-state index is 13.8. The van der Waals surface area contributed by atoms with Crippen LogP contribution in [0.25, 0.3) is 0 Å². The first-order valence-corrected chi connectivity index (χ1v) is 6.27. The normalized spacial score (nSPS) is 10.3. The van der Waals surface area contributed by atoms with Gasteiger partial charge in [-0.2, -0.15) is 5.10 Å². The zero-order valence-corrected chi connectivity index (χ0v) is 11.4. The first-order chi connectivity index (χ1) is 9.63. The molecule has 1 aromatic heterocycles. The number of rotatable bonds is 5. The summed E-state index contributed by atoms with van der Waals surface area (Å²) in [5, 5.41) is 7.02. The molecular weight excluding hydrogens is 261 g/mol. The van der Waals surface area contributed by atoms with Gasteiger partial charge in [0.2, 0.25) is 0 Å². The molecule has 0 amide bonds. The van der Waals surface area contributed by atoms with Crippen molar-refractivity contribution in [2.45, 2.75) is 13.5 Å². The third-order valence-electron chi connectivity index (χ3n) is 2.83. The number of benzene rings is 1. The van der Waals surface area contributed by atoms with E-state index in [0.717, 1.165) is 0 Å². The average molecular weight is 277 g/mol. The minimum atomic E-state index is -0.422. The molecule has 0 aliphatic rings. The van der Waals surface area contributed by atoms with Crippen molar-refractivity contribution in [1.29, 1.82) is 0 Å². The Kier molecular flexibility index (Phi) is 4.34. The Morgan fingerprint density at radius 1 is 1.40 bits per heavy atom. The van der Waals surface area contributed by atoms with Crippen LogP contribution >= 0.6 is 0 Å². The van der Waals surface area contributed by atoms with Crippen molar-refractivity contribution in [2.75, 3.05) is 19.0 Å². The summed E-state index contributed by atoms with van der Waals surface area (Å²) in [4.78, 5) is 11.9. The number of anilines is 1. The fourth-order valence-corrected chi connectivity index (χ4v) is 1.80. The predicted octanol–water partition coefficient (Wildman–Crippen LogP) is 1.87. The fraction of sp³-hybridized carbons (Fsp3) is 0.286. The molecule has 1 N–H and O–H groups in total. The molecule has 0 aliphatic carbocycles. The molecule has 2 rings (SSSR count). The van der Waals surface area contributed by atoms with Gasteiger partial charge in [-0.25, -0.2) is 9.07 Å². The van der Waals surface area contributed by atoms with Crippen LogP contribution in [-0.2, 0) is 6.54 Å². The Bertz CT molecular complexity index is 655. The van der Waals surface area contributed by atoms with Crippen molar-refractivity contribution >= 4 is 5.69 Å².